The topological polar surface area (TPSA) is 76.0 Å². The van der Waals surface area contributed by atoms with E-state index in [1.165, 1.54) is 36.0 Å². The Bertz CT molecular complexity index is 1190. The third kappa shape index (κ3) is 5.63. The molecule has 162 valence electrons. The lowest BCUT2D eigenvalue weighted by molar-refractivity contribution is -0.113. The first-order valence-electron chi connectivity index (χ1n) is 9.71. The van der Waals surface area contributed by atoms with Gasteiger partial charge in [-0.1, -0.05) is 17.8 Å². The fourth-order valence-corrected chi connectivity index (χ4v) is 4.33. The molecular weight excluding hydrogens is 447 g/mol. The molecule has 0 saturated carbocycles. The van der Waals surface area contributed by atoms with Gasteiger partial charge in [0.05, 0.1) is 12.3 Å². The maximum Gasteiger partial charge on any atom is 0.251 e. The van der Waals surface area contributed by atoms with Crippen LogP contribution in [0.2, 0.25) is 0 Å². The number of benzene rings is 2. The van der Waals surface area contributed by atoms with Crippen LogP contribution in [0.25, 0.3) is 5.69 Å². The van der Waals surface area contributed by atoms with Crippen LogP contribution >= 0.6 is 23.1 Å². The number of amides is 2. The van der Waals surface area contributed by atoms with Crippen molar-refractivity contribution >= 4 is 40.6 Å². The highest BCUT2D eigenvalue weighted by atomic mass is 32.2. The Hall–Kier alpha value is -3.43. The van der Waals surface area contributed by atoms with Gasteiger partial charge in [-0.15, -0.1) is 11.3 Å². The summed E-state index contributed by atoms with van der Waals surface area (Å²) in [5.41, 5.74) is 1.94. The Morgan fingerprint density at radius 2 is 1.84 bits per heavy atom. The second-order valence-corrected chi connectivity index (χ2v) is 8.71. The van der Waals surface area contributed by atoms with Gasteiger partial charge in [0, 0.05) is 34.2 Å². The summed E-state index contributed by atoms with van der Waals surface area (Å²) in [7, 11) is 0. The zero-order valence-electron chi connectivity index (χ0n) is 16.8. The summed E-state index contributed by atoms with van der Waals surface area (Å²) >= 11 is 2.88. The second-order valence-electron chi connectivity index (χ2n) is 6.73. The summed E-state index contributed by atoms with van der Waals surface area (Å²) in [6.07, 6.45) is 3.45. The molecule has 9 heteroatoms. The molecule has 4 rings (SSSR count). The van der Waals surface area contributed by atoms with Crippen LogP contribution in [0.15, 0.2) is 83.6 Å². The van der Waals surface area contributed by atoms with Gasteiger partial charge in [-0.05, 0) is 60.0 Å². The number of aromatic nitrogens is 2. The molecule has 0 bridgehead atoms. The molecule has 0 atom stereocenters. The first-order chi connectivity index (χ1) is 15.6. The number of thiophene rings is 1. The number of imidazole rings is 1. The smallest absolute Gasteiger partial charge is 0.251 e. The van der Waals surface area contributed by atoms with Crippen molar-refractivity contribution in [2.75, 3.05) is 11.1 Å². The molecular formula is C23H19FN4O2S2. The lowest BCUT2D eigenvalue weighted by Crippen LogP contribution is -2.22. The average molecular weight is 467 g/mol. The molecule has 0 saturated heterocycles. The number of thioether (sulfide) groups is 1. The van der Waals surface area contributed by atoms with Crippen molar-refractivity contribution in [2.45, 2.75) is 11.7 Å². The molecule has 0 fully saturated rings. The molecule has 0 radical (unpaired) electrons. The van der Waals surface area contributed by atoms with E-state index in [0.717, 1.165) is 10.6 Å². The number of carbonyl (C=O) groups is 2. The number of halogens is 1. The van der Waals surface area contributed by atoms with Crippen LogP contribution in [0.3, 0.4) is 0 Å². The van der Waals surface area contributed by atoms with Crippen LogP contribution in [0, 0.1) is 5.82 Å². The number of carbonyl (C=O) groups excluding carboxylic acids is 2. The van der Waals surface area contributed by atoms with Crippen molar-refractivity contribution in [3.8, 4) is 5.69 Å². The van der Waals surface area contributed by atoms with Crippen molar-refractivity contribution in [3.05, 3.63) is 94.7 Å². The zero-order chi connectivity index (χ0) is 22.3. The maximum atomic E-state index is 13.0. The van der Waals surface area contributed by atoms with Crippen molar-refractivity contribution < 1.29 is 14.0 Å². The number of anilines is 1. The molecule has 4 aromatic rings. The highest BCUT2D eigenvalue weighted by Crippen LogP contribution is 2.21. The summed E-state index contributed by atoms with van der Waals surface area (Å²) in [6, 6.07) is 16.7. The van der Waals surface area contributed by atoms with E-state index in [4.69, 9.17) is 0 Å². The van der Waals surface area contributed by atoms with Gasteiger partial charge < -0.3 is 10.6 Å². The highest BCUT2D eigenvalue weighted by molar-refractivity contribution is 7.99. The van der Waals surface area contributed by atoms with E-state index in [9.17, 15) is 14.0 Å². The Morgan fingerprint density at radius 1 is 1.06 bits per heavy atom. The van der Waals surface area contributed by atoms with Crippen LogP contribution in [0.5, 0.6) is 0 Å². The van der Waals surface area contributed by atoms with Gasteiger partial charge in [0.1, 0.15) is 5.82 Å². The number of nitrogens with one attached hydrogen (secondary N) is 2. The lowest BCUT2D eigenvalue weighted by Gasteiger charge is -2.09. The van der Waals surface area contributed by atoms with Crippen molar-refractivity contribution in [1.82, 2.24) is 14.9 Å². The minimum Gasteiger partial charge on any atom is -0.347 e. The fraction of sp³-hybridized carbons (Fsp3) is 0.0870. The Morgan fingerprint density at radius 3 is 2.56 bits per heavy atom. The summed E-state index contributed by atoms with van der Waals surface area (Å²) in [5.74, 6) is -0.556. The molecule has 0 unspecified atom stereocenters. The molecule has 0 aliphatic carbocycles. The molecule has 2 amide bonds. The standard InChI is InChI=1S/C23H19FN4O2S2/c24-17-5-7-18(8-6-17)27-21(29)15-32-23-25-11-12-28(23)19-9-3-16(4-10-19)22(30)26-14-20-2-1-13-31-20/h1-13H,14-15H2,(H,26,30)(H,27,29). The Labute approximate surface area is 192 Å². The summed E-state index contributed by atoms with van der Waals surface area (Å²) in [4.78, 5) is 30.0. The van der Waals surface area contributed by atoms with Gasteiger partial charge in [0.25, 0.3) is 5.91 Å². The number of hydrogen-bond acceptors (Lipinski definition) is 5. The summed E-state index contributed by atoms with van der Waals surface area (Å²) < 4.78 is 14.8. The van der Waals surface area contributed by atoms with Crippen molar-refractivity contribution in [1.29, 1.82) is 0 Å². The molecule has 2 aromatic heterocycles. The van der Waals surface area contributed by atoms with Gasteiger partial charge in [0.15, 0.2) is 5.16 Å². The summed E-state index contributed by atoms with van der Waals surface area (Å²) in [6.45, 7) is 0.501. The fourth-order valence-electron chi connectivity index (χ4n) is 2.91. The lowest BCUT2D eigenvalue weighted by atomic mass is 10.2. The second kappa shape index (κ2) is 10.3. The largest absolute Gasteiger partial charge is 0.347 e. The molecule has 2 heterocycles. The van der Waals surface area contributed by atoms with Crippen LogP contribution in [0.4, 0.5) is 10.1 Å². The minimum atomic E-state index is -0.356. The van der Waals surface area contributed by atoms with Crippen molar-refractivity contribution in [2.24, 2.45) is 0 Å². The van der Waals surface area contributed by atoms with E-state index in [0.29, 0.717) is 23.0 Å². The molecule has 0 aliphatic heterocycles. The molecule has 6 nitrogen and oxygen atoms in total. The van der Waals surface area contributed by atoms with Crippen LogP contribution < -0.4 is 10.6 Å². The van der Waals surface area contributed by atoms with E-state index >= 15 is 0 Å². The first kappa shape index (κ1) is 21.8. The molecule has 2 N–H and O–H groups in total. The monoisotopic (exact) mass is 466 g/mol. The van der Waals surface area contributed by atoms with Crippen LogP contribution in [-0.4, -0.2) is 27.1 Å². The van der Waals surface area contributed by atoms with Crippen LogP contribution in [0.1, 0.15) is 15.2 Å². The van der Waals surface area contributed by atoms with Gasteiger partial charge in [-0.25, -0.2) is 9.37 Å². The molecule has 2 aromatic carbocycles. The molecule has 0 spiro atoms. The molecule has 0 aliphatic rings. The quantitative estimate of drug-likeness (QED) is 0.368. The minimum absolute atomic E-state index is 0.136. The van der Waals surface area contributed by atoms with Gasteiger partial charge in [-0.3, -0.25) is 14.2 Å². The number of rotatable bonds is 8. The van der Waals surface area contributed by atoms with Gasteiger partial charge in [-0.2, -0.15) is 0 Å². The third-order valence-corrected chi connectivity index (χ3v) is 6.32. The average Bonchev–Trinajstić information content (AvgIpc) is 3.50. The zero-order valence-corrected chi connectivity index (χ0v) is 18.5. The highest BCUT2D eigenvalue weighted by Gasteiger charge is 2.11. The maximum absolute atomic E-state index is 13.0. The molecule has 32 heavy (non-hydrogen) atoms. The normalized spacial score (nSPS) is 10.7. The summed E-state index contributed by atoms with van der Waals surface area (Å²) in [5, 5.41) is 8.25. The first-order valence-corrected chi connectivity index (χ1v) is 11.6. The predicted octanol–water partition coefficient (Wildman–Crippen LogP) is 4.73. The van der Waals surface area contributed by atoms with E-state index in [1.54, 1.807) is 35.9 Å². The van der Waals surface area contributed by atoms with Gasteiger partial charge >= 0.3 is 0 Å². The van der Waals surface area contributed by atoms with E-state index < -0.39 is 0 Å². The Balaban J connectivity index is 1.34. The third-order valence-electron chi connectivity index (χ3n) is 4.48. The van der Waals surface area contributed by atoms with Gasteiger partial charge in [0.2, 0.25) is 5.91 Å². The van der Waals surface area contributed by atoms with Crippen LogP contribution in [-0.2, 0) is 11.3 Å². The SMILES string of the molecule is O=C(CSc1nccn1-c1ccc(C(=O)NCc2cccs2)cc1)Nc1ccc(F)cc1. The Kier molecular flexibility index (Phi) is 6.98. The predicted molar refractivity (Wildman–Crippen MR) is 125 cm³/mol. The number of nitrogens with zero attached hydrogens (tertiary/aromatic N) is 2. The van der Waals surface area contributed by atoms with E-state index in [2.05, 4.69) is 15.6 Å². The van der Waals surface area contributed by atoms with Crippen molar-refractivity contribution in [3.63, 3.8) is 0 Å². The van der Waals surface area contributed by atoms with E-state index in [-0.39, 0.29) is 23.4 Å². The number of hydrogen-bond donors (Lipinski definition) is 2. The van der Waals surface area contributed by atoms with E-state index in [1.807, 2.05) is 34.2 Å².